The zero-order chi connectivity index (χ0) is 16.4. The molecule has 1 spiro atoms. The maximum atomic E-state index is 12.9. The lowest BCUT2D eigenvalue weighted by Crippen LogP contribution is -2.48. The first-order valence-electron chi connectivity index (χ1n) is 7.98. The normalized spacial score (nSPS) is 32.6. The Hall–Kier alpha value is -1.59. The lowest BCUT2D eigenvalue weighted by Gasteiger charge is -2.42. The monoisotopic (exact) mass is 331 g/mol. The molecule has 0 aromatic heterocycles. The highest BCUT2D eigenvalue weighted by molar-refractivity contribution is 7.89. The van der Waals surface area contributed by atoms with E-state index < -0.39 is 10.0 Å². The van der Waals surface area contributed by atoms with E-state index >= 15 is 0 Å². The van der Waals surface area contributed by atoms with E-state index in [1.807, 2.05) is 26.0 Å². The van der Waals surface area contributed by atoms with Gasteiger partial charge in [0.2, 0.25) is 0 Å². The molecule has 0 radical (unpaired) electrons. The van der Waals surface area contributed by atoms with Crippen molar-refractivity contribution in [2.24, 2.45) is 5.92 Å². The van der Waals surface area contributed by atoms with Gasteiger partial charge in [-0.05, 0) is 50.5 Å². The van der Waals surface area contributed by atoms with E-state index in [0.717, 1.165) is 17.6 Å². The van der Waals surface area contributed by atoms with Gasteiger partial charge >= 0.3 is 0 Å². The van der Waals surface area contributed by atoms with Gasteiger partial charge in [0.15, 0.2) is 0 Å². The van der Waals surface area contributed by atoms with E-state index in [9.17, 15) is 8.42 Å². The molecule has 1 aromatic carbocycles. The standard InChI is InChI=1S/C18H21NO3S/c1-12-4-6-17(7-5-12)23(20,21)19-10-14(3)18-13(2)8-16(22-18)9-15(18)11-19/h4-8,10,15-16H,9,11H2,1-3H3/t15?,16?,18-/m0/s1. The van der Waals surface area contributed by atoms with E-state index in [1.165, 1.54) is 9.88 Å². The summed E-state index contributed by atoms with van der Waals surface area (Å²) in [5.41, 5.74) is 2.89. The average Bonchev–Trinajstić information content (AvgIpc) is 3.02. The number of nitrogens with zero attached hydrogens (tertiary/aromatic N) is 1. The first-order valence-corrected chi connectivity index (χ1v) is 9.42. The summed E-state index contributed by atoms with van der Waals surface area (Å²) < 4.78 is 33.6. The molecule has 4 rings (SSSR count). The molecule has 2 bridgehead atoms. The van der Waals surface area contributed by atoms with Crippen molar-refractivity contribution in [2.75, 3.05) is 6.54 Å². The number of hydrogen-bond acceptors (Lipinski definition) is 3. The van der Waals surface area contributed by atoms with Gasteiger partial charge in [0.05, 0.1) is 11.0 Å². The second-order valence-corrected chi connectivity index (χ2v) is 8.76. The minimum atomic E-state index is -3.51. The summed E-state index contributed by atoms with van der Waals surface area (Å²) in [6, 6.07) is 7.03. The topological polar surface area (TPSA) is 46.6 Å². The Bertz CT molecular complexity index is 822. The van der Waals surface area contributed by atoms with E-state index in [-0.39, 0.29) is 17.6 Å². The summed E-state index contributed by atoms with van der Waals surface area (Å²) in [4.78, 5) is 0.347. The first-order chi connectivity index (χ1) is 10.8. The third kappa shape index (κ3) is 1.96. The third-order valence-electron chi connectivity index (χ3n) is 5.40. The molecular formula is C18H21NO3S. The Balaban J connectivity index is 1.74. The van der Waals surface area contributed by atoms with Crippen LogP contribution in [0.5, 0.6) is 0 Å². The Labute approximate surface area is 137 Å². The van der Waals surface area contributed by atoms with Crippen LogP contribution in [0.3, 0.4) is 0 Å². The molecule has 0 aliphatic carbocycles. The van der Waals surface area contributed by atoms with Crippen LogP contribution in [-0.2, 0) is 14.8 Å². The summed E-state index contributed by atoms with van der Waals surface area (Å²) in [7, 11) is -3.51. The van der Waals surface area contributed by atoms with Gasteiger partial charge in [0.25, 0.3) is 10.0 Å². The van der Waals surface area contributed by atoms with Crippen molar-refractivity contribution in [3.8, 4) is 0 Å². The second-order valence-electron chi connectivity index (χ2n) is 6.87. The highest BCUT2D eigenvalue weighted by Crippen LogP contribution is 2.53. The summed E-state index contributed by atoms with van der Waals surface area (Å²) >= 11 is 0. The predicted molar refractivity (Wildman–Crippen MR) is 88.3 cm³/mol. The Kier molecular flexibility index (Phi) is 3.06. The molecule has 0 saturated carbocycles. The third-order valence-corrected chi connectivity index (χ3v) is 7.14. The van der Waals surface area contributed by atoms with Crippen molar-refractivity contribution >= 4 is 10.0 Å². The van der Waals surface area contributed by atoms with Gasteiger partial charge in [-0.3, -0.25) is 4.31 Å². The molecule has 1 fully saturated rings. The van der Waals surface area contributed by atoms with E-state index in [2.05, 4.69) is 13.0 Å². The number of rotatable bonds is 2. The zero-order valence-corrected chi connectivity index (χ0v) is 14.4. The van der Waals surface area contributed by atoms with Gasteiger partial charge in [0, 0.05) is 18.7 Å². The van der Waals surface area contributed by atoms with Gasteiger partial charge in [-0.2, -0.15) is 0 Å². The molecule has 1 aromatic rings. The van der Waals surface area contributed by atoms with Crippen LogP contribution in [-0.4, -0.2) is 31.0 Å². The molecule has 23 heavy (non-hydrogen) atoms. The first kappa shape index (κ1) is 15.0. The van der Waals surface area contributed by atoms with Crippen molar-refractivity contribution < 1.29 is 13.2 Å². The fraction of sp³-hybridized carbons (Fsp3) is 0.444. The summed E-state index contributed by atoms with van der Waals surface area (Å²) in [5.74, 6) is 0.197. The lowest BCUT2D eigenvalue weighted by molar-refractivity contribution is 0.0257. The van der Waals surface area contributed by atoms with Crippen molar-refractivity contribution in [1.82, 2.24) is 4.31 Å². The number of sulfonamides is 1. The van der Waals surface area contributed by atoms with Crippen LogP contribution in [0.4, 0.5) is 0 Å². The van der Waals surface area contributed by atoms with E-state index in [0.29, 0.717) is 11.4 Å². The van der Waals surface area contributed by atoms with Gasteiger partial charge in [0.1, 0.15) is 5.60 Å². The SMILES string of the molecule is CC1=CC2CC3CN(S(=O)(=O)c4ccc(C)cc4)C=C(C)[C@@]13O2. The average molecular weight is 331 g/mol. The van der Waals surface area contributed by atoms with Crippen LogP contribution in [0.15, 0.2) is 52.6 Å². The van der Waals surface area contributed by atoms with E-state index in [4.69, 9.17) is 4.74 Å². The van der Waals surface area contributed by atoms with Crippen LogP contribution in [0.25, 0.3) is 0 Å². The fourth-order valence-electron chi connectivity index (χ4n) is 4.27. The van der Waals surface area contributed by atoms with Gasteiger partial charge in [-0.15, -0.1) is 0 Å². The molecule has 3 aliphatic heterocycles. The van der Waals surface area contributed by atoms with Crippen molar-refractivity contribution in [3.63, 3.8) is 0 Å². The molecule has 0 amide bonds. The zero-order valence-electron chi connectivity index (χ0n) is 13.6. The smallest absolute Gasteiger partial charge is 0.263 e. The van der Waals surface area contributed by atoms with Crippen molar-refractivity contribution in [1.29, 1.82) is 0 Å². The minimum absolute atomic E-state index is 0.130. The molecule has 5 heteroatoms. The molecule has 0 N–H and O–H groups in total. The van der Waals surface area contributed by atoms with Crippen molar-refractivity contribution in [3.05, 3.63) is 53.3 Å². The molecule has 4 nitrogen and oxygen atoms in total. The highest BCUT2D eigenvalue weighted by Gasteiger charge is 2.57. The predicted octanol–water partition coefficient (Wildman–Crippen LogP) is 3.01. The number of benzene rings is 1. The Morgan fingerprint density at radius 1 is 1.13 bits per heavy atom. The Morgan fingerprint density at radius 2 is 1.83 bits per heavy atom. The largest absolute Gasteiger partial charge is 0.359 e. The Morgan fingerprint density at radius 3 is 2.48 bits per heavy atom. The minimum Gasteiger partial charge on any atom is -0.359 e. The van der Waals surface area contributed by atoms with Crippen LogP contribution in [0.2, 0.25) is 0 Å². The van der Waals surface area contributed by atoms with Gasteiger partial charge in [-0.1, -0.05) is 23.8 Å². The highest BCUT2D eigenvalue weighted by atomic mass is 32.2. The van der Waals surface area contributed by atoms with Crippen LogP contribution >= 0.6 is 0 Å². The number of hydrogen-bond donors (Lipinski definition) is 0. The molecular weight excluding hydrogens is 310 g/mol. The quantitative estimate of drug-likeness (QED) is 0.783. The molecule has 3 aliphatic rings. The van der Waals surface area contributed by atoms with Crippen LogP contribution in [0, 0.1) is 12.8 Å². The number of ether oxygens (including phenoxy) is 1. The molecule has 2 unspecified atom stereocenters. The molecule has 3 atom stereocenters. The van der Waals surface area contributed by atoms with Gasteiger partial charge < -0.3 is 4.74 Å². The summed E-state index contributed by atoms with van der Waals surface area (Å²) in [5, 5.41) is 0. The lowest BCUT2D eigenvalue weighted by atomic mass is 9.72. The molecule has 122 valence electrons. The van der Waals surface area contributed by atoms with Crippen molar-refractivity contribution in [2.45, 2.75) is 43.8 Å². The second kappa shape index (κ2) is 4.71. The maximum absolute atomic E-state index is 12.9. The van der Waals surface area contributed by atoms with Crippen LogP contribution < -0.4 is 0 Å². The molecule has 3 heterocycles. The van der Waals surface area contributed by atoms with Crippen LogP contribution in [0.1, 0.15) is 25.8 Å². The fourth-order valence-corrected chi connectivity index (χ4v) is 5.70. The molecule has 1 saturated heterocycles. The van der Waals surface area contributed by atoms with Gasteiger partial charge in [-0.25, -0.2) is 8.42 Å². The maximum Gasteiger partial charge on any atom is 0.263 e. The summed E-state index contributed by atoms with van der Waals surface area (Å²) in [6.07, 6.45) is 4.96. The number of aryl methyl sites for hydroxylation is 1. The van der Waals surface area contributed by atoms with E-state index in [1.54, 1.807) is 18.3 Å². The number of fused-ring (bicyclic) bond motifs is 1. The summed E-state index contributed by atoms with van der Waals surface area (Å²) in [6.45, 7) is 6.50.